The third-order valence-electron chi connectivity index (χ3n) is 5.04. The van der Waals surface area contributed by atoms with Crippen LogP contribution in [0.5, 0.6) is 0 Å². The Morgan fingerprint density at radius 2 is 1.73 bits per heavy atom. The minimum atomic E-state index is -0.0896. The maximum atomic E-state index is 9.71. The van der Waals surface area contributed by atoms with Crippen molar-refractivity contribution in [3.05, 3.63) is 35.4 Å². The zero-order valence-corrected chi connectivity index (χ0v) is 13.7. The highest BCUT2D eigenvalue weighted by molar-refractivity contribution is 5.24. The van der Waals surface area contributed by atoms with Crippen LogP contribution in [0.25, 0.3) is 0 Å². The van der Waals surface area contributed by atoms with E-state index < -0.39 is 0 Å². The average molecular weight is 303 g/mol. The molecular weight excluding hydrogens is 274 g/mol. The molecule has 2 fully saturated rings. The first-order chi connectivity index (χ1) is 10.7. The minimum absolute atomic E-state index is 0.0896. The normalized spacial score (nSPS) is 23.5. The number of piperazine rings is 1. The van der Waals surface area contributed by atoms with Crippen LogP contribution in [0.1, 0.15) is 30.0 Å². The van der Waals surface area contributed by atoms with Gasteiger partial charge in [0.2, 0.25) is 0 Å². The van der Waals surface area contributed by atoms with Crippen molar-refractivity contribution in [2.24, 2.45) is 0 Å². The number of piperidine rings is 1. The van der Waals surface area contributed by atoms with Crippen LogP contribution < -0.4 is 5.32 Å². The maximum Gasteiger partial charge on any atom is 0.0564 e. The largest absolute Gasteiger partial charge is 0.393 e. The van der Waals surface area contributed by atoms with Gasteiger partial charge in [-0.2, -0.15) is 0 Å². The Morgan fingerprint density at radius 3 is 2.36 bits per heavy atom. The van der Waals surface area contributed by atoms with Gasteiger partial charge in [0.1, 0.15) is 0 Å². The number of aliphatic hydroxyl groups is 1. The van der Waals surface area contributed by atoms with Crippen molar-refractivity contribution >= 4 is 0 Å². The second-order valence-corrected chi connectivity index (χ2v) is 6.74. The predicted molar refractivity (Wildman–Crippen MR) is 90.0 cm³/mol. The highest BCUT2D eigenvalue weighted by Crippen LogP contribution is 2.24. The number of nitrogens with one attached hydrogen (secondary N) is 1. The summed E-state index contributed by atoms with van der Waals surface area (Å²) in [5.74, 6) is 0. The number of benzene rings is 1. The first kappa shape index (κ1) is 15.9. The molecule has 0 aliphatic carbocycles. The van der Waals surface area contributed by atoms with E-state index >= 15 is 0 Å². The van der Waals surface area contributed by atoms with Crippen molar-refractivity contribution in [1.82, 2.24) is 15.1 Å². The van der Waals surface area contributed by atoms with Crippen molar-refractivity contribution in [3.8, 4) is 0 Å². The van der Waals surface area contributed by atoms with Crippen LogP contribution in [0.3, 0.4) is 0 Å². The van der Waals surface area contributed by atoms with Crippen LogP contribution in [0.4, 0.5) is 0 Å². The topological polar surface area (TPSA) is 38.7 Å². The first-order valence-corrected chi connectivity index (χ1v) is 8.64. The quantitative estimate of drug-likeness (QED) is 0.882. The van der Waals surface area contributed by atoms with Gasteiger partial charge in [-0.25, -0.2) is 0 Å². The van der Waals surface area contributed by atoms with Gasteiger partial charge in [0.25, 0.3) is 0 Å². The zero-order chi connectivity index (χ0) is 15.4. The molecule has 2 saturated heterocycles. The molecule has 0 aromatic heterocycles. The Labute approximate surface area is 134 Å². The van der Waals surface area contributed by atoms with Gasteiger partial charge in [-0.15, -0.1) is 0 Å². The fraction of sp³-hybridized carbons (Fsp3) is 0.667. The highest BCUT2D eigenvalue weighted by atomic mass is 16.3. The Hall–Kier alpha value is -0.940. The molecule has 122 valence electrons. The second kappa shape index (κ2) is 7.55. The molecule has 1 aromatic carbocycles. The summed E-state index contributed by atoms with van der Waals surface area (Å²) >= 11 is 0. The third kappa shape index (κ3) is 4.07. The number of nitrogens with zero attached hydrogens (tertiary/aromatic N) is 2. The summed E-state index contributed by atoms with van der Waals surface area (Å²) < 4.78 is 0. The van der Waals surface area contributed by atoms with E-state index in [9.17, 15) is 5.11 Å². The minimum Gasteiger partial charge on any atom is -0.393 e. The van der Waals surface area contributed by atoms with E-state index in [1.165, 1.54) is 11.1 Å². The lowest BCUT2D eigenvalue weighted by Gasteiger charge is -2.39. The average Bonchev–Trinajstić information content (AvgIpc) is 2.56. The summed E-state index contributed by atoms with van der Waals surface area (Å²) in [6.07, 6.45) is 1.75. The molecule has 0 saturated carbocycles. The highest BCUT2D eigenvalue weighted by Gasteiger charge is 2.26. The maximum absolute atomic E-state index is 9.71. The van der Waals surface area contributed by atoms with Crippen molar-refractivity contribution in [2.75, 3.05) is 45.8 Å². The number of hydrogen-bond acceptors (Lipinski definition) is 4. The molecule has 0 bridgehead atoms. The summed E-state index contributed by atoms with van der Waals surface area (Å²) in [5.41, 5.74) is 2.75. The van der Waals surface area contributed by atoms with Crippen molar-refractivity contribution < 1.29 is 5.11 Å². The number of aryl methyl sites for hydroxylation is 1. The number of hydrogen-bond donors (Lipinski definition) is 2. The van der Waals surface area contributed by atoms with E-state index in [4.69, 9.17) is 0 Å². The van der Waals surface area contributed by atoms with E-state index in [-0.39, 0.29) is 6.10 Å². The van der Waals surface area contributed by atoms with E-state index in [2.05, 4.69) is 46.3 Å². The van der Waals surface area contributed by atoms with Crippen LogP contribution in [0.15, 0.2) is 24.3 Å². The molecule has 1 aromatic rings. The summed E-state index contributed by atoms with van der Waals surface area (Å²) in [6, 6.07) is 9.51. The van der Waals surface area contributed by atoms with Gasteiger partial charge in [0.15, 0.2) is 0 Å². The fourth-order valence-corrected chi connectivity index (χ4v) is 3.56. The molecule has 0 radical (unpaired) electrons. The van der Waals surface area contributed by atoms with Gasteiger partial charge in [-0.3, -0.25) is 4.90 Å². The van der Waals surface area contributed by atoms with E-state index in [0.29, 0.717) is 6.04 Å². The summed E-state index contributed by atoms with van der Waals surface area (Å²) in [5, 5.41) is 13.2. The smallest absolute Gasteiger partial charge is 0.0564 e. The number of aliphatic hydroxyl groups excluding tert-OH is 1. The molecule has 3 rings (SSSR count). The van der Waals surface area contributed by atoms with Crippen molar-refractivity contribution in [3.63, 3.8) is 0 Å². The Kier molecular flexibility index (Phi) is 5.47. The zero-order valence-electron chi connectivity index (χ0n) is 13.7. The second-order valence-electron chi connectivity index (χ2n) is 6.74. The van der Waals surface area contributed by atoms with Crippen LogP contribution in [-0.4, -0.2) is 66.8 Å². The van der Waals surface area contributed by atoms with Crippen LogP contribution in [0.2, 0.25) is 0 Å². The number of likely N-dealkylation sites (tertiary alicyclic amines) is 1. The van der Waals surface area contributed by atoms with Crippen LogP contribution in [0, 0.1) is 6.92 Å². The molecular formula is C18H29N3O. The lowest BCUT2D eigenvalue weighted by molar-refractivity contribution is 0.0589. The van der Waals surface area contributed by atoms with Gasteiger partial charge >= 0.3 is 0 Å². The van der Waals surface area contributed by atoms with E-state index in [0.717, 1.165) is 58.7 Å². The third-order valence-corrected chi connectivity index (χ3v) is 5.04. The fourth-order valence-electron chi connectivity index (χ4n) is 3.56. The monoisotopic (exact) mass is 303 g/mol. The van der Waals surface area contributed by atoms with Gasteiger partial charge < -0.3 is 15.3 Å². The van der Waals surface area contributed by atoms with Gasteiger partial charge in [0.05, 0.1) is 6.10 Å². The molecule has 22 heavy (non-hydrogen) atoms. The molecule has 0 spiro atoms. The van der Waals surface area contributed by atoms with Crippen molar-refractivity contribution in [2.45, 2.75) is 31.9 Å². The predicted octanol–water partition coefficient (Wildman–Crippen LogP) is 1.40. The molecule has 4 nitrogen and oxygen atoms in total. The lowest BCUT2D eigenvalue weighted by atomic mass is 10.0. The molecule has 1 unspecified atom stereocenters. The first-order valence-electron chi connectivity index (χ1n) is 8.64. The van der Waals surface area contributed by atoms with Gasteiger partial charge in [-0.1, -0.05) is 29.8 Å². The van der Waals surface area contributed by atoms with E-state index in [1.54, 1.807) is 0 Å². The van der Waals surface area contributed by atoms with Crippen LogP contribution in [-0.2, 0) is 0 Å². The lowest BCUT2D eigenvalue weighted by Crippen LogP contribution is -2.49. The van der Waals surface area contributed by atoms with Gasteiger partial charge in [0, 0.05) is 51.9 Å². The molecule has 1 atom stereocenters. The Balaban J connectivity index is 1.71. The van der Waals surface area contributed by atoms with Crippen LogP contribution >= 0.6 is 0 Å². The SMILES string of the molecule is Cc1ccc(C(CN2CCC(O)CC2)N2CCNCC2)cc1. The molecule has 4 heteroatoms. The summed E-state index contributed by atoms with van der Waals surface area (Å²) in [7, 11) is 0. The summed E-state index contributed by atoms with van der Waals surface area (Å²) in [6.45, 7) is 9.68. The standard InChI is InChI=1S/C18H29N3O/c1-15-2-4-16(5-3-15)18(21-12-8-19-9-13-21)14-20-10-6-17(22)7-11-20/h2-5,17-19,22H,6-14H2,1H3. The van der Waals surface area contributed by atoms with Crippen molar-refractivity contribution in [1.29, 1.82) is 0 Å². The Bertz CT molecular complexity index is 448. The van der Waals surface area contributed by atoms with E-state index in [1.807, 2.05) is 0 Å². The summed E-state index contributed by atoms with van der Waals surface area (Å²) in [4.78, 5) is 5.14. The molecule has 2 N–H and O–H groups in total. The molecule has 2 aliphatic rings. The molecule has 0 amide bonds. The Morgan fingerprint density at radius 1 is 1.09 bits per heavy atom. The number of rotatable bonds is 4. The molecule has 2 aliphatic heterocycles. The van der Waals surface area contributed by atoms with Gasteiger partial charge in [-0.05, 0) is 25.3 Å². The molecule has 2 heterocycles.